The quantitative estimate of drug-likeness (QED) is 0.829. The van der Waals surface area contributed by atoms with E-state index in [9.17, 15) is 9.59 Å². The van der Waals surface area contributed by atoms with Crippen LogP contribution in [-0.2, 0) is 17.8 Å². The molecule has 1 atom stereocenters. The van der Waals surface area contributed by atoms with Crippen LogP contribution in [0, 0.1) is 0 Å². The predicted molar refractivity (Wildman–Crippen MR) is 95.9 cm³/mol. The lowest BCUT2D eigenvalue weighted by atomic mass is 10.1. The predicted octanol–water partition coefficient (Wildman–Crippen LogP) is 2.92. The number of carbonyl (C=O) groups excluding carboxylic acids is 2. The Morgan fingerprint density at radius 2 is 2.12 bits per heavy atom. The number of benzene rings is 1. The van der Waals surface area contributed by atoms with Gasteiger partial charge in [-0.3, -0.25) is 9.59 Å². The van der Waals surface area contributed by atoms with E-state index in [1.807, 2.05) is 19.1 Å². The zero-order valence-electron chi connectivity index (χ0n) is 14.0. The fraction of sp³-hybridized carbons (Fsp3) is 0.389. The van der Waals surface area contributed by atoms with Crippen molar-refractivity contribution in [3.05, 3.63) is 52.1 Å². The van der Waals surface area contributed by atoms with Crippen LogP contribution >= 0.6 is 15.9 Å². The number of nitrogens with one attached hydrogen (secondary N) is 1. The summed E-state index contributed by atoms with van der Waals surface area (Å²) in [5, 5.41) is 2.83. The maximum atomic E-state index is 12.7. The fourth-order valence-electron chi connectivity index (χ4n) is 2.91. The molecule has 0 saturated carbocycles. The van der Waals surface area contributed by atoms with Crippen LogP contribution in [0.3, 0.4) is 0 Å². The van der Waals surface area contributed by atoms with Crippen molar-refractivity contribution in [1.82, 2.24) is 15.2 Å². The van der Waals surface area contributed by atoms with Gasteiger partial charge < -0.3 is 14.6 Å². The van der Waals surface area contributed by atoms with E-state index in [0.29, 0.717) is 24.4 Å². The molecule has 0 unspecified atom stereocenters. The Balaban J connectivity index is 1.62. The molecule has 0 aliphatic carbocycles. The van der Waals surface area contributed by atoms with Gasteiger partial charge in [0.15, 0.2) is 0 Å². The lowest BCUT2D eigenvalue weighted by Gasteiger charge is -2.23. The summed E-state index contributed by atoms with van der Waals surface area (Å²) in [6.45, 7) is 2.80. The lowest BCUT2D eigenvalue weighted by Crippen LogP contribution is -2.45. The topological polar surface area (TPSA) is 75.4 Å². The number of rotatable bonds is 5. The fourth-order valence-corrected chi connectivity index (χ4v) is 3.18. The van der Waals surface area contributed by atoms with Crippen molar-refractivity contribution in [2.24, 2.45) is 0 Å². The molecular weight excluding hydrogens is 386 g/mol. The number of amides is 2. The molecule has 3 rings (SSSR count). The van der Waals surface area contributed by atoms with Gasteiger partial charge in [0, 0.05) is 23.0 Å². The molecule has 2 aromatic rings. The molecule has 6 nitrogen and oxygen atoms in total. The van der Waals surface area contributed by atoms with Crippen LogP contribution in [-0.4, -0.2) is 34.3 Å². The number of aryl methyl sites for hydroxylation is 1. The van der Waals surface area contributed by atoms with Crippen LogP contribution in [0.1, 0.15) is 41.8 Å². The minimum atomic E-state index is -0.447. The van der Waals surface area contributed by atoms with E-state index in [4.69, 9.17) is 4.42 Å². The van der Waals surface area contributed by atoms with Gasteiger partial charge >= 0.3 is 0 Å². The minimum Gasteiger partial charge on any atom is -0.444 e. The van der Waals surface area contributed by atoms with Crippen LogP contribution in [0.2, 0.25) is 0 Å². The Morgan fingerprint density at radius 1 is 1.36 bits per heavy atom. The summed E-state index contributed by atoms with van der Waals surface area (Å²) in [5.74, 6) is 0.986. The normalized spacial score (nSPS) is 16.9. The van der Waals surface area contributed by atoms with Gasteiger partial charge in [-0.25, -0.2) is 4.98 Å². The third kappa shape index (κ3) is 4.10. The first kappa shape index (κ1) is 17.7. The van der Waals surface area contributed by atoms with Gasteiger partial charge in [-0.2, -0.15) is 0 Å². The van der Waals surface area contributed by atoms with Gasteiger partial charge in [-0.15, -0.1) is 0 Å². The second-order valence-corrected chi connectivity index (χ2v) is 6.87. The van der Waals surface area contributed by atoms with E-state index in [-0.39, 0.29) is 18.4 Å². The Kier molecular flexibility index (Phi) is 5.53. The highest BCUT2D eigenvalue weighted by atomic mass is 79.9. The number of oxazole rings is 1. The molecular formula is C18H20BrN3O3. The van der Waals surface area contributed by atoms with Crippen molar-refractivity contribution in [3.8, 4) is 0 Å². The van der Waals surface area contributed by atoms with E-state index in [1.54, 1.807) is 23.2 Å². The highest BCUT2D eigenvalue weighted by Crippen LogP contribution is 2.21. The summed E-state index contributed by atoms with van der Waals surface area (Å²) in [6.07, 6.45) is 3.92. The van der Waals surface area contributed by atoms with Gasteiger partial charge in [0.05, 0.1) is 12.7 Å². The Bertz CT molecular complexity index is 757. The standard InChI is InChI=1S/C18H20BrN3O3/c1-2-14-10-20-16(25-14)11-21-17(23)15-4-3-9-22(15)18(24)12-5-7-13(19)8-6-12/h5-8,10,15H,2-4,9,11H2,1H3,(H,21,23)/t15-/m0/s1. The highest BCUT2D eigenvalue weighted by molar-refractivity contribution is 9.10. The highest BCUT2D eigenvalue weighted by Gasteiger charge is 2.34. The molecule has 0 spiro atoms. The van der Waals surface area contributed by atoms with Gasteiger partial charge in [0.1, 0.15) is 11.8 Å². The average Bonchev–Trinajstić information content (AvgIpc) is 3.29. The lowest BCUT2D eigenvalue weighted by molar-refractivity contribution is -0.125. The van der Waals surface area contributed by atoms with Crippen molar-refractivity contribution >= 4 is 27.7 Å². The minimum absolute atomic E-state index is 0.116. The van der Waals surface area contributed by atoms with E-state index in [0.717, 1.165) is 23.1 Å². The van der Waals surface area contributed by atoms with Crippen molar-refractivity contribution in [2.75, 3.05) is 6.54 Å². The first-order valence-electron chi connectivity index (χ1n) is 8.36. The zero-order chi connectivity index (χ0) is 17.8. The maximum absolute atomic E-state index is 12.7. The summed E-state index contributed by atoms with van der Waals surface area (Å²) in [6, 6.07) is 6.73. The number of nitrogens with zero attached hydrogens (tertiary/aromatic N) is 2. The molecule has 1 saturated heterocycles. The molecule has 1 aliphatic heterocycles. The maximum Gasteiger partial charge on any atom is 0.254 e. The summed E-state index contributed by atoms with van der Waals surface area (Å²) in [4.78, 5) is 31.0. The number of aromatic nitrogens is 1. The molecule has 1 aromatic carbocycles. The monoisotopic (exact) mass is 405 g/mol. The van der Waals surface area contributed by atoms with Crippen LogP contribution in [0.25, 0.3) is 0 Å². The van der Waals surface area contributed by atoms with E-state index in [1.165, 1.54) is 0 Å². The number of carbonyl (C=O) groups is 2. The van der Waals surface area contributed by atoms with Crippen molar-refractivity contribution in [2.45, 2.75) is 38.8 Å². The van der Waals surface area contributed by atoms with Crippen LogP contribution in [0.4, 0.5) is 0 Å². The molecule has 1 aliphatic rings. The molecule has 2 heterocycles. The molecule has 25 heavy (non-hydrogen) atoms. The summed E-state index contributed by atoms with van der Waals surface area (Å²) >= 11 is 3.36. The third-order valence-electron chi connectivity index (χ3n) is 4.27. The van der Waals surface area contributed by atoms with Crippen LogP contribution < -0.4 is 5.32 Å². The van der Waals surface area contributed by atoms with E-state index >= 15 is 0 Å². The zero-order valence-corrected chi connectivity index (χ0v) is 15.6. The van der Waals surface area contributed by atoms with Gasteiger partial charge in [0.2, 0.25) is 11.8 Å². The second-order valence-electron chi connectivity index (χ2n) is 5.96. The number of likely N-dealkylation sites (tertiary alicyclic amines) is 1. The Morgan fingerprint density at radius 3 is 2.80 bits per heavy atom. The molecule has 1 fully saturated rings. The number of hydrogen-bond donors (Lipinski definition) is 1. The summed E-state index contributed by atoms with van der Waals surface area (Å²) in [7, 11) is 0. The van der Waals surface area contributed by atoms with Gasteiger partial charge in [-0.1, -0.05) is 22.9 Å². The first-order chi connectivity index (χ1) is 12.1. The number of halogens is 1. The average molecular weight is 406 g/mol. The molecule has 1 aromatic heterocycles. The molecule has 7 heteroatoms. The Hall–Kier alpha value is -2.15. The Labute approximate surface area is 154 Å². The van der Waals surface area contributed by atoms with Gasteiger partial charge in [-0.05, 0) is 37.1 Å². The van der Waals surface area contributed by atoms with Crippen molar-refractivity contribution in [1.29, 1.82) is 0 Å². The van der Waals surface area contributed by atoms with Crippen LogP contribution in [0.15, 0.2) is 39.4 Å². The summed E-state index contributed by atoms with van der Waals surface area (Å²) in [5.41, 5.74) is 0.586. The molecule has 0 radical (unpaired) electrons. The SMILES string of the molecule is CCc1cnc(CNC(=O)[C@@H]2CCCN2C(=O)c2ccc(Br)cc2)o1. The third-order valence-corrected chi connectivity index (χ3v) is 4.80. The van der Waals surface area contributed by atoms with Crippen molar-refractivity contribution in [3.63, 3.8) is 0 Å². The van der Waals surface area contributed by atoms with E-state index < -0.39 is 6.04 Å². The van der Waals surface area contributed by atoms with E-state index in [2.05, 4.69) is 26.2 Å². The first-order valence-corrected chi connectivity index (χ1v) is 9.15. The number of hydrogen-bond acceptors (Lipinski definition) is 4. The largest absolute Gasteiger partial charge is 0.444 e. The van der Waals surface area contributed by atoms with Gasteiger partial charge in [0.25, 0.3) is 5.91 Å². The summed E-state index contributed by atoms with van der Waals surface area (Å²) < 4.78 is 6.40. The molecule has 1 N–H and O–H groups in total. The molecule has 132 valence electrons. The second kappa shape index (κ2) is 7.82. The van der Waals surface area contributed by atoms with Crippen LogP contribution in [0.5, 0.6) is 0 Å². The molecule has 2 amide bonds. The van der Waals surface area contributed by atoms with Crippen molar-refractivity contribution < 1.29 is 14.0 Å². The smallest absolute Gasteiger partial charge is 0.254 e. The molecule has 0 bridgehead atoms.